The van der Waals surface area contributed by atoms with Gasteiger partial charge in [-0.3, -0.25) is 4.79 Å². The molecule has 1 aliphatic rings. The maximum atomic E-state index is 12.8. The van der Waals surface area contributed by atoms with E-state index in [0.717, 1.165) is 45.4 Å². The van der Waals surface area contributed by atoms with Crippen LogP contribution in [0.15, 0.2) is 42.6 Å². The largest absolute Gasteiger partial charge is 0.496 e. The number of carbonyl (C=O) groups excluding carboxylic acids is 1. The number of nitrogens with one attached hydrogen (secondary N) is 2. The number of piperidine rings is 1. The number of ether oxygens (including phenoxy) is 1. The predicted octanol–water partition coefficient (Wildman–Crippen LogP) is 6.75. The molecule has 1 saturated heterocycles. The Hall–Kier alpha value is -3.48. The number of nitrogen functional groups attached to an aromatic ring is 1. The lowest BCUT2D eigenvalue weighted by Crippen LogP contribution is -2.44. The molecule has 5 N–H and O–H groups in total. The number of unbranched alkanes of at least 4 members (excludes halogenated alkanes) is 5. The Bertz CT molecular complexity index is 1430. The van der Waals surface area contributed by atoms with Crippen molar-refractivity contribution in [3.8, 4) is 5.75 Å². The van der Waals surface area contributed by atoms with Crippen LogP contribution in [0.5, 0.6) is 5.75 Å². The molecule has 0 bridgehead atoms. The van der Waals surface area contributed by atoms with Crippen LogP contribution in [-0.4, -0.2) is 90.9 Å². The van der Waals surface area contributed by atoms with Crippen molar-refractivity contribution in [3.05, 3.63) is 58.7 Å². The number of methoxy groups -OCH3 is 1. The second-order valence-corrected chi connectivity index (χ2v) is 12.4. The molecule has 1 aromatic heterocycles. The number of alkyl halides is 3. The van der Waals surface area contributed by atoms with Crippen molar-refractivity contribution in [1.82, 2.24) is 20.1 Å². The van der Waals surface area contributed by atoms with E-state index in [9.17, 15) is 18.0 Å². The number of aromatic amines is 1. The smallest absolute Gasteiger partial charge is 0.490 e. The Morgan fingerprint density at radius 3 is 2.38 bits per heavy atom. The summed E-state index contributed by atoms with van der Waals surface area (Å²) in [4.78, 5) is 30.1. The van der Waals surface area contributed by atoms with Crippen molar-refractivity contribution in [3.63, 3.8) is 0 Å². The average molecular weight is 682 g/mol. The number of aliphatic carboxylic acids is 1. The summed E-state index contributed by atoms with van der Waals surface area (Å²) in [5.74, 6) is -2.46. The van der Waals surface area contributed by atoms with Gasteiger partial charge in [0, 0.05) is 48.8 Å². The highest BCUT2D eigenvalue weighted by molar-refractivity contribution is 6.33. The van der Waals surface area contributed by atoms with Gasteiger partial charge in [0.05, 0.1) is 23.4 Å². The quantitative estimate of drug-likeness (QED) is 0.103. The number of H-pyrrole nitrogens is 1. The van der Waals surface area contributed by atoms with Crippen molar-refractivity contribution in [2.75, 3.05) is 52.6 Å². The number of nitrogens with two attached hydrogens (primary N) is 1. The zero-order chi connectivity index (χ0) is 34.4. The van der Waals surface area contributed by atoms with E-state index < -0.39 is 12.1 Å². The van der Waals surface area contributed by atoms with Crippen molar-refractivity contribution in [2.24, 2.45) is 0 Å². The fourth-order valence-corrected chi connectivity index (χ4v) is 5.83. The molecule has 0 saturated carbocycles. The number of likely N-dealkylation sites (N-methyl/N-ethyl adjacent to an activating group) is 1. The lowest BCUT2D eigenvalue weighted by atomic mass is 10.0. The highest BCUT2D eigenvalue weighted by atomic mass is 35.5. The molecule has 0 atom stereocenters. The summed E-state index contributed by atoms with van der Waals surface area (Å²) in [5.41, 5.74) is 9.33. The summed E-state index contributed by atoms with van der Waals surface area (Å²) < 4.78 is 37.1. The minimum atomic E-state index is -5.08. The second-order valence-electron chi connectivity index (χ2n) is 12.0. The third kappa shape index (κ3) is 12.6. The number of anilines is 1. The van der Waals surface area contributed by atoms with Gasteiger partial charge in [-0.15, -0.1) is 0 Å². The number of halogens is 4. The first-order valence-corrected chi connectivity index (χ1v) is 16.5. The predicted molar refractivity (Wildman–Crippen MR) is 180 cm³/mol. The third-order valence-corrected chi connectivity index (χ3v) is 8.76. The molecular formula is C34H47ClF3N5O4. The van der Waals surface area contributed by atoms with Gasteiger partial charge in [-0.1, -0.05) is 55.5 Å². The van der Waals surface area contributed by atoms with E-state index >= 15 is 0 Å². The molecule has 9 nitrogen and oxygen atoms in total. The Balaban J connectivity index is 0.000000771. The van der Waals surface area contributed by atoms with Crippen LogP contribution >= 0.6 is 11.6 Å². The van der Waals surface area contributed by atoms with Gasteiger partial charge in [0.2, 0.25) is 0 Å². The highest BCUT2D eigenvalue weighted by Crippen LogP contribution is 2.29. The van der Waals surface area contributed by atoms with Crippen LogP contribution < -0.4 is 15.8 Å². The molecule has 260 valence electrons. The van der Waals surface area contributed by atoms with Gasteiger partial charge in [-0.25, -0.2) is 4.79 Å². The minimum Gasteiger partial charge on any atom is -0.496 e. The van der Waals surface area contributed by atoms with E-state index in [1.807, 2.05) is 0 Å². The van der Waals surface area contributed by atoms with Gasteiger partial charge in [0.1, 0.15) is 5.75 Å². The number of rotatable bonds is 15. The monoisotopic (exact) mass is 681 g/mol. The molecule has 0 spiro atoms. The lowest BCUT2D eigenvalue weighted by Gasteiger charge is -2.32. The van der Waals surface area contributed by atoms with Gasteiger partial charge in [-0.05, 0) is 69.9 Å². The standard InChI is InChI=1S/C32H46ClN5O2.C2HF3O2/c1-37(18-13-24-23-35-30-12-8-7-11-26(24)30)16-9-5-3-4-6-10-17-38-19-14-25(15-20-38)36-32(39)27-21-28(33)29(34)22-31(27)40-2;3-2(4,5)1(6)7/h7-8,11-12,21-23,25,35H,3-6,9-10,13-20,34H2,1-2H3,(H,36,39);(H,6,7). The van der Waals surface area contributed by atoms with E-state index in [-0.39, 0.29) is 11.9 Å². The number of carbonyl (C=O) groups is 2. The average Bonchev–Trinajstić information content (AvgIpc) is 3.46. The summed E-state index contributed by atoms with van der Waals surface area (Å²) in [6, 6.07) is 11.9. The maximum Gasteiger partial charge on any atom is 0.490 e. The van der Waals surface area contributed by atoms with Crippen molar-refractivity contribution in [2.45, 2.75) is 70.0 Å². The number of hydrogen-bond donors (Lipinski definition) is 4. The minimum absolute atomic E-state index is 0.155. The van der Waals surface area contributed by atoms with Gasteiger partial charge < -0.3 is 35.7 Å². The number of amides is 1. The number of carboxylic acids is 1. The number of hydrogen-bond acceptors (Lipinski definition) is 6. The molecular weight excluding hydrogens is 635 g/mol. The number of carboxylic acid groups (broad SMARTS) is 1. The van der Waals surface area contributed by atoms with Crippen LogP contribution in [0.4, 0.5) is 18.9 Å². The number of nitrogens with zero attached hydrogens (tertiary/aromatic N) is 2. The highest BCUT2D eigenvalue weighted by Gasteiger charge is 2.38. The number of para-hydroxylation sites is 1. The Morgan fingerprint density at radius 2 is 1.72 bits per heavy atom. The molecule has 1 amide bonds. The van der Waals surface area contributed by atoms with Crippen molar-refractivity contribution < 1.29 is 32.6 Å². The Kier molecular flexibility index (Phi) is 15.2. The van der Waals surface area contributed by atoms with Crippen LogP contribution in [0, 0.1) is 0 Å². The molecule has 0 aliphatic carbocycles. The number of fused-ring (bicyclic) bond motifs is 1. The number of likely N-dealkylation sites (tertiary alicyclic amines) is 1. The lowest BCUT2D eigenvalue weighted by molar-refractivity contribution is -0.192. The summed E-state index contributed by atoms with van der Waals surface area (Å²) in [6.45, 7) is 5.47. The fraction of sp³-hybridized carbons (Fsp3) is 0.529. The van der Waals surface area contributed by atoms with E-state index in [1.54, 1.807) is 12.1 Å². The van der Waals surface area contributed by atoms with Gasteiger partial charge >= 0.3 is 12.1 Å². The number of benzene rings is 2. The van der Waals surface area contributed by atoms with Crippen LogP contribution in [-0.2, 0) is 11.2 Å². The SMILES string of the molecule is COc1cc(N)c(Cl)cc1C(=O)NC1CCN(CCCCCCCCN(C)CCc2c[nH]c3ccccc23)CC1.O=C(O)C(F)(F)F. The summed E-state index contributed by atoms with van der Waals surface area (Å²) >= 11 is 6.13. The molecule has 1 aliphatic heterocycles. The van der Waals surface area contributed by atoms with Crippen molar-refractivity contribution >= 4 is 40.1 Å². The second kappa shape index (κ2) is 18.8. The van der Waals surface area contributed by atoms with Gasteiger partial charge in [-0.2, -0.15) is 13.2 Å². The summed E-state index contributed by atoms with van der Waals surface area (Å²) in [5, 5.41) is 12.0. The van der Waals surface area contributed by atoms with E-state index in [1.165, 1.54) is 68.6 Å². The normalized spacial score (nSPS) is 14.2. The van der Waals surface area contributed by atoms with Crippen LogP contribution in [0.3, 0.4) is 0 Å². The first kappa shape index (κ1) is 38.0. The Labute approximate surface area is 279 Å². The number of aromatic nitrogens is 1. The van der Waals surface area contributed by atoms with Gasteiger partial charge in [0.25, 0.3) is 5.91 Å². The van der Waals surface area contributed by atoms with Crippen LogP contribution in [0.1, 0.15) is 67.3 Å². The summed E-state index contributed by atoms with van der Waals surface area (Å²) in [6.07, 6.45) is 7.88. The van der Waals surface area contributed by atoms with E-state index in [4.69, 9.17) is 32.0 Å². The zero-order valence-electron chi connectivity index (χ0n) is 27.2. The fourth-order valence-electron chi connectivity index (χ4n) is 5.67. The molecule has 2 heterocycles. The zero-order valence-corrected chi connectivity index (χ0v) is 27.9. The molecule has 0 radical (unpaired) electrons. The van der Waals surface area contributed by atoms with Crippen LogP contribution in [0.25, 0.3) is 10.9 Å². The third-order valence-electron chi connectivity index (χ3n) is 8.43. The first-order valence-electron chi connectivity index (χ1n) is 16.1. The molecule has 4 rings (SSSR count). The maximum absolute atomic E-state index is 12.8. The molecule has 47 heavy (non-hydrogen) atoms. The van der Waals surface area contributed by atoms with E-state index in [0.29, 0.717) is 22.0 Å². The van der Waals surface area contributed by atoms with E-state index in [2.05, 4.69) is 57.6 Å². The molecule has 1 fully saturated rings. The Morgan fingerprint density at radius 1 is 1.09 bits per heavy atom. The topological polar surface area (TPSA) is 124 Å². The molecule has 2 aromatic carbocycles. The van der Waals surface area contributed by atoms with Gasteiger partial charge in [0.15, 0.2) is 0 Å². The molecule has 3 aromatic rings. The van der Waals surface area contributed by atoms with Crippen molar-refractivity contribution in [1.29, 1.82) is 0 Å². The molecule has 0 unspecified atom stereocenters. The molecule has 13 heteroatoms. The summed E-state index contributed by atoms with van der Waals surface area (Å²) in [7, 11) is 3.78. The first-order chi connectivity index (χ1) is 22.4. The van der Waals surface area contributed by atoms with Crippen LogP contribution in [0.2, 0.25) is 5.02 Å².